The second-order valence-corrected chi connectivity index (χ2v) is 6.76. The third-order valence-electron chi connectivity index (χ3n) is 3.97. The second kappa shape index (κ2) is 9.96. The molecule has 0 aliphatic heterocycles. The number of carbonyl (C=O) groups is 1. The minimum absolute atomic E-state index is 0.126. The van der Waals surface area contributed by atoms with Crippen LogP contribution in [0.2, 0.25) is 0 Å². The molecule has 0 aromatic rings. The molecule has 0 spiro atoms. The average molecular weight is 278 g/mol. The van der Waals surface area contributed by atoms with E-state index in [9.17, 15) is 4.79 Å². The van der Waals surface area contributed by atoms with Gasteiger partial charge in [-0.2, -0.15) is 0 Å². The minimum Gasteiger partial charge on any atom is -0.299 e. The summed E-state index contributed by atoms with van der Waals surface area (Å²) >= 11 is 0. The molecular weight excluding hydrogens is 244 g/mol. The number of ketones is 1. The first-order chi connectivity index (χ1) is 9.39. The molecule has 0 saturated carbocycles. The molecule has 0 radical (unpaired) electrons. The Morgan fingerprint density at radius 3 is 1.75 bits per heavy atom. The van der Waals surface area contributed by atoms with Crippen molar-refractivity contribution < 1.29 is 4.79 Å². The third kappa shape index (κ3) is 6.54. The van der Waals surface area contributed by atoms with Gasteiger partial charge in [-0.1, -0.05) is 39.8 Å². The summed E-state index contributed by atoms with van der Waals surface area (Å²) in [4.78, 5) is 12.8. The fraction of sp³-hybridized carbons (Fsp3) is 0.737. The molecule has 0 aromatic carbocycles. The number of unbranched alkanes of at least 4 members (excludes halogenated alkanes) is 2. The molecular formula is C19H34O. The first-order valence-electron chi connectivity index (χ1n) is 8.15. The molecule has 0 aromatic heterocycles. The Balaban J connectivity index is 5.08. The van der Waals surface area contributed by atoms with Crippen LogP contribution in [0.1, 0.15) is 72.6 Å². The minimum atomic E-state index is -0.131. The van der Waals surface area contributed by atoms with Gasteiger partial charge in [0, 0.05) is 11.3 Å². The standard InChI is InChI=1S/C19H34O/c1-7-9-11-13-19(15-16(3)4,14-12-10-8-2)18(20)17(5)6/h7-8,16-17H,1-2,9-15H2,3-6H3. The summed E-state index contributed by atoms with van der Waals surface area (Å²) in [5.41, 5.74) is -0.131. The number of hydrogen-bond acceptors (Lipinski definition) is 1. The fourth-order valence-corrected chi connectivity index (χ4v) is 3.24. The molecule has 0 heterocycles. The van der Waals surface area contributed by atoms with Gasteiger partial charge < -0.3 is 0 Å². The van der Waals surface area contributed by atoms with Gasteiger partial charge in [-0.3, -0.25) is 4.79 Å². The number of carbonyl (C=O) groups excluding carboxylic acids is 1. The van der Waals surface area contributed by atoms with E-state index in [4.69, 9.17) is 0 Å². The van der Waals surface area contributed by atoms with E-state index in [2.05, 4.69) is 27.0 Å². The van der Waals surface area contributed by atoms with Gasteiger partial charge in [0.25, 0.3) is 0 Å². The van der Waals surface area contributed by atoms with Crippen LogP contribution >= 0.6 is 0 Å². The lowest BCUT2D eigenvalue weighted by Crippen LogP contribution is -2.36. The summed E-state index contributed by atoms with van der Waals surface area (Å²) in [7, 11) is 0. The molecule has 0 N–H and O–H groups in total. The molecule has 1 nitrogen and oxygen atoms in total. The molecule has 0 bridgehead atoms. The van der Waals surface area contributed by atoms with Gasteiger partial charge in [-0.05, 0) is 50.9 Å². The van der Waals surface area contributed by atoms with Crippen molar-refractivity contribution in [2.45, 2.75) is 72.6 Å². The zero-order chi connectivity index (χ0) is 15.6. The normalized spacial score (nSPS) is 11.9. The van der Waals surface area contributed by atoms with Crippen molar-refractivity contribution in [3.63, 3.8) is 0 Å². The van der Waals surface area contributed by atoms with E-state index in [1.807, 2.05) is 26.0 Å². The molecule has 20 heavy (non-hydrogen) atoms. The summed E-state index contributed by atoms with van der Waals surface area (Å²) in [5, 5.41) is 0. The van der Waals surface area contributed by atoms with Gasteiger partial charge in [0.1, 0.15) is 5.78 Å². The van der Waals surface area contributed by atoms with Crippen molar-refractivity contribution >= 4 is 5.78 Å². The van der Waals surface area contributed by atoms with Crippen LogP contribution in [0, 0.1) is 17.3 Å². The van der Waals surface area contributed by atoms with Gasteiger partial charge in [-0.25, -0.2) is 0 Å². The van der Waals surface area contributed by atoms with E-state index in [-0.39, 0.29) is 11.3 Å². The first kappa shape index (κ1) is 19.1. The second-order valence-electron chi connectivity index (χ2n) is 6.76. The van der Waals surface area contributed by atoms with Crippen molar-refractivity contribution in [1.29, 1.82) is 0 Å². The highest BCUT2D eigenvalue weighted by molar-refractivity contribution is 5.86. The van der Waals surface area contributed by atoms with Crippen molar-refractivity contribution in [1.82, 2.24) is 0 Å². The van der Waals surface area contributed by atoms with Crippen molar-refractivity contribution in [3.8, 4) is 0 Å². The zero-order valence-electron chi connectivity index (χ0n) is 14.1. The smallest absolute Gasteiger partial charge is 0.141 e. The number of Topliss-reactive ketones (excluding diaryl/α,β-unsaturated/α-hetero) is 1. The quantitative estimate of drug-likeness (QED) is 0.318. The molecule has 116 valence electrons. The Kier molecular flexibility index (Phi) is 9.54. The highest BCUT2D eigenvalue weighted by Gasteiger charge is 2.38. The summed E-state index contributed by atoms with van der Waals surface area (Å²) in [6, 6.07) is 0. The summed E-state index contributed by atoms with van der Waals surface area (Å²) in [6.45, 7) is 16.1. The molecule has 1 heteroatoms. The van der Waals surface area contributed by atoms with Gasteiger partial charge in [0.05, 0.1) is 0 Å². The van der Waals surface area contributed by atoms with E-state index in [1.165, 1.54) is 0 Å². The Morgan fingerprint density at radius 1 is 1.00 bits per heavy atom. The Morgan fingerprint density at radius 2 is 1.45 bits per heavy atom. The van der Waals surface area contributed by atoms with Crippen LogP contribution in [0.25, 0.3) is 0 Å². The van der Waals surface area contributed by atoms with Crippen LogP contribution in [0.15, 0.2) is 25.3 Å². The highest BCUT2D eigenvalue weighted by atomic mass is 16.1. The van der Waals surface area contributed by atoms with Gasteiger partial charge in [0.2, 0.25) is 0 Å². The van der Waals surface area contributed by atoms with Crippen LogP contribution in [-0.4, -0.2) is 5.78 Å². The monoisotopic (exact) mass is 278 g/mol. The molecule has 0 aliphatic carbocycles. The maximum atomic E-state index is 12.8. The van der Waals surface area contributed by atoms with Crippen LogP contribution in [0.5, 0.6) is 0 Å². The summed E-state index contributed by atoms with van der Waals surface area (Å²) in [5.74, 6) is 1.14. The lowest BCUT2D eigenvalue weighted by molar-refractivity contribution is -0.134. The van der Waals surface area contributed by atoms with Crippen molar-refractivity contribution in [3.05, 3.63) is 25.3 Å². The Hall–Kier alpha value is -0.850. The summed E-state index contributed by atoms with van der Waals surface area (Å²) < 4.78 is 0. The van der Waals surface area contributed by atoms with Crippen LogP contribution in [0.4, 0.5) is 0 Å². The largest absolute Gasteiger partial charge is 0.299 e. The predicted molar refractivity (Wildman–Crippen MR) is 89.8 cm³/mol. The SMILES string of the molecule is C=CCCCC(CCCC=C)(CC(C)C)C(=O)C(C)C. The van der Waals surface area contributed by atoms with E-state index < -0.39 is 0 Å². The number of allylic oxidation sites excluding steroid dienone is 2. The van der Waals surface area contributed by atoms with E-state index in [1.54, 1.807) is 0 Å². The van der Waals surface area contributed by atoms with Gasteiger partial charge >= 0.3 is 0 Å². The molecule has 0 amide bonds. The fourth-order valence-electron chi connectivity index (χ4n) is 3.24. The predicted octanol–water partition coefficient (Wildman–Crippen LogP) is 5.96. The van der Waals surface area contributed by atoms with E-state index in [0.717, 1.165) is 44.9 Å². The first-order valence-corrected chi connectivity index (χ1v) is 8.15. The van der Waals surface area contributed by atoms with E-state index in [0.29, 0.717) is 11.7 Å². The van der Waals surface area contributed by atoms with Crippen molar-refractivity contribution in [2.75, 3.05) is 0 Å². The number of hydrogen-bond donors (Lipinski definition) is 0. The molecule has 0 rings (SSSR count). The average Bonchev–Trinajstić information content (AvgIpc) is 2.37. The Labute approximate surface area is 126 Å². The lowest BCUT2D eigenvalue weighted by Gasteiger charge is -2.36. The number of rotatable bonds is 12. The molecule has 0 saturated heterocycles. The topological polar surface area (TPSA) is 17.1 Å². The van der Waals surface area contributed by atoms with Crippen LogP contribution in [0.3, 0.4) is 0 Å². The van der Waals surface area contributed by atoms with Crippen molar-refractivity contribution in [2.24, 2.45) is 17.3 Å². The van der Waals surface area contributed by atoms with Crippen LogP contribution < -0.4 is 0 Å². The van der Waals surface area contributed by atoms with Gasteiger partial charge in [-0.15, -0.1) is 13.2 Å². The maximum Gasteiger partial charge on any atom is 0.141 e. The molecule has 0 atom stereocenters. The zero-order valence-corrected chi connectivity index (χ0v) is 14.1. The summed E-state index contributed by atoms with van der Waals surface area (Å²) in [6.07, 6.45) is 11.1. The van der Waals surface area contributed by atoms with Gasteiger partial charge in [0.15, 0.2) is 0 Å². The third-order valence-corrected chi connectivity index (χ3v) is 3.97. The molecule has 0 fully saturated rings. The highest BCUT2D eigenvalue weighted by Crippen LogP contribution is 2.40. The Bertz CT molecular complexity index is 285. The lowest BCUT2D eigenvalue weighted by atomic mass is 9.67. The van der Waals surface area contributed by atoms with E-state index >= 15 is 0 Å². The maximum absolute atomic E-state index is 12.8. The molecule has 0 unspecified atom stereocenters. The van der Waals surface area contributed by atoms with Crippen LogP contribution in [-0.2, 0) is 4.79 Å². The molecule has 0 aliphatic rings.